The van der Waals surface area contributed by atoms with Crippen LogP contribution in [0.2, 0.25) is 0 Å². The Kier molecular flexibility index (Phi) is 55.5. The monoisotopic (exact) mass is 1590 g/mol. The maximum absolute atomic E-state index is 14.0. The molecule has 0 radical (unpaired) electrons. The molecule has 5 aromatic carbocycles. The van der Waals surface area contributed by atoms with E-state index in [2.05, 4.69) is 45.0 Å². The van der Waals surface area contributed by atoms with Crippen molar-refractivity contribution in [2.45, 2.75) is 277 Å². The third kappa shape index (κ3) is 39.1. The van der Waals surface area contributed by atoms with E-state index in [0.717, 1.165) is 75.8 Å². The van der Waals surface area contributed by atoms with Crippen LogP contribution in [0, 0.1) is 37.4 Å². The molecule has 0 N–H and O–H groups in total. The fourth-order valence-corrected chi connectivity index (χ4v) is 9.86. The minimum atomic E-state index is -4.71. The second-order valence-corrected chi connectivity index (χ2v) is 28.6. The van der Waals surface area contributed by atoms with Crippen LogP contribution in [0.15, 0.2) is 72.8 Å². The third-order valence-electron chi connectivity index (χ3n) is 16.8. The number of carbonyl (C=O) groups excluding carboxylic acids is 3. The predicted molar refractivity (Wildman–Crippen MR) is 437 cm³/mol. The lowest BCUT2D eigenvalue weighted by Crippen LogP contribution is -2.43. The number of halogens is 5. The number of alkyl halides is 4. The second-order valence-electron chi connectivity index (χ2n) is 28.6. The number of hydrogen-bond donors (Lipinski definition) is 0. The van der Waals surface area contributed by atoms with E-state index >= 15 is 0 Å². The summed E-state index contributed by atoms with van der Waals surface area (Å²) < 4.78 is 149. The van der Waals surface area contributed by atoms with Crippen molar-refractivity contribution >= 4 is 17.9 Å². The number of ether oxygens (including phenoxy) is 15. The number of hydrogen-bond acceptors (Lipinski definition) is 18. The molecule has 3 atom stereocenters. The van der Waals surface area contributed by atoms with E-state index in [1.165, 1.54) is 51.3 Å². The standard InChI is InChI=1S/C24H39FO5.C23H32O4.C18H24F4O5.C17H26O4.6CH4/c1-10-24(9,25)21(26)28-12-11-27-20-18(15-29-22(3,4)5)13-17(2)14-19(20)16-30-23(6,7)8;1-6-18(3)19-8-7-9-22(14-19)26-10-11-27-23-20(15-24-4)12-17(2)13-21(23)16-25-5;1-5-17(2,18(20,21)22)16(23)27-7-6-26-15-12(10-24-3)8-14(19)9-13(15)11-25-4;1-7-17(3,4)16(18)21-15-13(10-19-5)8-12(2)9-14(15)11-20-6;;;;;;/h13-14H,10-12,15-16H2,1-9H3;7-9,12-14,18H,6,10-11,15-16H2,1-5H3;8-9H,5-7,10-11H2,1-4H3;8-9H,7,10-11H2,1-6H3;6*1H4. The van der Waals surface area contributed by atoms with Crippen molar-refractivity contribution in [3.8, 4) is 28.7 Å². The molecule has 23 heteroatoms. The molecule has 5 aromatic rings. The molecule has 0 spiro atoms. The summed E-state index contributed by atoms with van der Waals surface area (Å²) in [7, 11) is 9.48. The van der Waals surface area contributed by atoms with Gasteiger partial charge in [-0.05, 0) is 151 Å². The summed E-state index contributed by atoms with van der Waals surface area (Å²) in [6, 6.07) is 22.9. The van der Waals surface area contributed by atoms with Crippen LogP contribution >= 0.6 is 0 Å². The van der Waals surface area contributed by atoms with E-state index in [1.807, 2.05) is 113 Å². The maximum Gasteiger partial charge on any atom is 0.404 e. The zero-order valence-corrected chi connectivity index (χ0v) is 67.0. The SMILES string of the molecule is C.C.C.C.C.C.CCC(C)(C(=O)OCCOc1c(COC)cc(F)cc1COC)C(F)(F)F.CCC(C)(C)C(=O)Oc1c(COC)cc(C)cc1COC.CCC(C)(F)C(=O)OCCOc1c(COC(C)(C)C)cc(C)cc1COC(C)(C)C.CCC(C)c1cccc(OCCOc2c(COC)cc(C)cc2COC)c1. The molecular formula is C88H145F5O18. The Balaban J connectivity index is -0.000000445. The molecule has 0 aliphatic carbocycles. The molecule has 0 saturated heterocycles. The highest BCUT2D eigenvalue weighted by Crippen LogP contribution is 2.42. The smallest absolute Gasteiger partial charge is 0.404 e. The Bertz CT molecular complexity index is 3310. The molecule has 0 fully saturated rings. The lowest BCUT2D eigenvalue weighted by atomic mass is 9.87. The fraction of sp³-hybridized carbons (Fsp3) is 0.625. The molecule has 640 valence electrons. The minimum absolute atomic E-state index is 0. The van der Waals surface area contributed by atoms with Crippen molar-refractivity contribution in [1.29, 1.82) is 0 Å². The number of carbonyl (C=O) groups is 3. The van der Waals surface area contributed by atoms with Gasteiger partial charge in [-0.2, -0.15) is 13.2 Å². The Hall–Kier alpha value is -6.96. The van der Waals surface area contributed by atoms with Gasteiger partial charge in [0.15, 0.2) is 5.41 Å². The summed E-state index contributed by atoms with van der Waals surface area (Å²) in [4.78, 5) is 36.0. The van der Waals surface area contributed by atoms with Gasteiger partial charge < -0.3 is 71.1 Å². The quantitative estimate of drug-likeness (QED) is 0.0157. The van der Waals surface area contributed by atoms with Gasteiger partial charge in [-0.25, -0.2) is 13.6 Å². The van der Waals surface area contributed by atoms with Crippen LogP contribution in [0.4, 0.5) is 22.0 Å². The van der Waals surface area contributed by atoms with Gasteiger partial charge in [0, 0.05) is 87.2 Å². The van der Waals surface area contributed by atoms with E-state index in [4.69, 9.17) is 71.1 Å². The molecule has 0 aliphatic rings. The van der Waals surface area contributed by atoms with Crippen LogP contribution in [-0.4, -0.2) is 123 Å². The highest BCUT2D eigenvalue weighted by Gasteiger charge is 2.56. The highest BCUT2D eigenvalue weighted by atomic mass is 19.4. The Morgan fingerprint density at radius 1 is 0.396 bits per heavy atom. The molecule has 18 nitrogen and oxygen atoms in total. The topological polar surface area (TPSA) is 190 Å². The van der Waals surface area contributed by atoms with E-state index in [-0.39, 0.29) is 114 Å². The number of methoxy groups -OCH3 is 6. The van der Waals surface area contributed by atoms with Gasteiger partial charge in [0.2, 0.25) is 5.67 Å². The fourth-order valence-electron chi connectivity index (χ4n) is 9.86. The number of esters is 3. The molecule has 111 heavy (non-hydrogen) atoms. The van der Waals surface area contributed by atoms with Gasteiger partial charge in [-0.1, -0.05) is 144 Å². The first-order valence-electron chi connectivity index (χ1n) is 35.5. The molecule has 3 unspecified atom stereocenters. The van der Waals surface area contributed by atoms with Gasteiger partial charge in [0.1, 0.15) is 74.2 Å². The lowest BCUT2D eigenvalue weighted by Gasteiger charge is -2.28. The molecule has 0 bridgehead atoms. The van der Waals surface area contributed by atoms with E-state index in [1.54, 1.807) is 35.4 Å². The molecule has 0 aromatic heterocycles. The first-order valence-corrected chi connectivity index (χ1v) is 35.5. The average molecular weight is 1590 g/mol. The Labute approximate surface area is 666 Å². The largest absolute Gasteiger partial charge is 0.490 e. The Morgan fingerprint density at radius 3 is 1.04 bits per heavy atom. The van der Waals surface area contributed by atoms with E-state index in [9.17, 15) is 36.3 Å². The van der Waals surface area contributed by atoms with Crippen molar-refractivity contribution < 1.29 is 107 Å². The normalized spacial score (nSPS) is 12.4. The molecule has 0 aliphatic heterocycles. The molecule has 0 saturated carbocycles. The third-order valence-corrected chi connectivity index (χ3v) is 16.8. The van der Waals surface area contributed by atoms with Gasteiger partial charge in [-0.15, -0.1) is 0 Å². The summed E-state index contributed by atoms with van der Waals surface area (Å²) in [6.45, 7) is 36.2. The number of aryl methyl sites for hydroxylation is 3. The van der Waals surface area contributed by atoms with E-state index in [0.29, 0.717) is 81.4 Å². The zero-order chi connectivity index (χ0) is 79.5. The first-order chi connectivity index (χ1) is 49.2. The zero-order valence-electron chi connectivity index (χ0n) is 67.0. The summed E-state index contributed by atoms with van der Waals surface area (Å²) >= 11 is 0. The van der Waals surface area contributed by atoms with Gasteiger partial charge >= 0.3 is 24.1 Å². The molecule has 5 rings (SSSR count). The molecular weight excluding hydrogens is 1440 g/mol. The first kappa shape index (κ1) is 113. The number of benzene rings is 5. The van der Waals surface area contributed by atoms with Crippen molar-refractivity contribution in [2.24, 2.45) is 10.8 Å². The van der Waals surface area contributed by atoms with Crippen molar-refractivity contribution in [1.82, 2.24) is 0 Å². The summed E-state index contributed by atoms with van der Waals surface area (Å²) in [5, 5.41) is 0. The van der Waals surface area contributed by atoms with Gasteiger partial charge in [0.05, 0.1) is 69.5 Å². The van der Waals surface area contributed by atoms with Gasteiger partial charge in [0.25, 0.3) is 0 Å². The number of rotatable bonds is 38. The summed E-state index contributed by atoms with van der Waals surface area (Å²) in [5.41, 5.74) is 5.35. The Morgan fingerprint density at radius 2 is 0.721 bits per heavy atom. The van der Waals surface area contributed by atoms with Crippen LogP contribution in [-0.2, 0) is 115 Å². The van der Waals surface area contributed by atoms with Crippen LogP contribution in [0.3, 0.4) is 0 Å². The van der Waals surface area contributed by atoms with Crippen molar-refractivity contribution in [3.05, 3.63) is 145 Å². The van der Waals surface area contributed by atoms with Gasteiger partial charge in [-0.3, -0.25) is 9.59 Å². The van der Waals surface area contributed by atoms with E-state index < -0.39 is 46.9 Å². The van der Waals surface area contributed by atoms with Crippen molar-refractivity contribution in [3.63, 3.8) is 0 Å². The van der Waals surface area contributed by atoms with Crippen LogP contribution in [0.5, 0.6) is 28.7 Å². The average Bonchev–Trinajstić information content (AvgIpc) is 0.818. The molecule has 0 amide bonds. The highest BCUT2D eigenvalue weighted by molar-refractivity contribution is 5.79. The molecule has 0 heterocycles. The van der Waals surface area contributed by atoms with Crippen LogP contribution in [0.25, 0.3) is 0 Å². The van der Waals surface area contributed by atoms with Crippen LogP contribution < -0.4 is 23.7 Å². The summed E-state index contributed by atoms with van der Waals surface area (Å²) in [6.07, 6.45) is -3.26. The summed E-state index contributed by atoms with van der Waals surface area (Å²) in [5.74, 6) is 0.783. The van der Waals surface area contributed by atoms with Crippen molar-refractivity contribution in [2.75, 3.05) is 82.3 Å². The predicted octanol–water partition coefficient (Wildman–Crippen LogP) is 22.4. The van der Waals surface area contributed by atoms with Crippen LogP contribution in [0.1, 0.15) is 247 Å². The maximum atomic E-state index is 14.0. The lowest BCUT2D eigenvalue weighted by molar-refractivity contribution is -0.231. The second kappa shape index (κ2) is 54.7. The minimum Gasteiger partial charge on any atom is -0.490 e.